The molecular weight excluding hydrogens is 164 g/mol. The number of rotatable bonds is 6. The third-order valence-corrected chi connectivity index (χ3v) is 1.96. The van der Waals surface area contributed by atoms with Crippen molar-refractivity contribution in [3.63, 3.8) is 0 Å². The largest absolute Gasteiger partial charge is 0.381 e. The molecule has 0 saturated carbocycles. The molecule has 0 N–H and O–H groups in total. The summed E-state index contributed by atoms with van der Waals surface area (Å²) in [6.45, 7) is 6.89. The summed E-state index contributed by atoms with van der Waals surface area (Å²) in [4.78, 5) is 4.15. The van der Waals surface area contributed by atoms with Crippen molar-refractivity contribution in [2.75, 3.05) is 13.2 Å². The SMILES string of the molecule is CCCOCCCn1ccnc1C. The zero-order chi connectivity index (χ0) is 9.52. The van der Waals surface area contributed by atoms with Crippen LogP contribution in [0.1, 0.15) is 25.6 Å². The number of imidazole rings is 1. The van der Waals surface area contributed by atoms with Gasteiger partial charge in [0.2, 0.25) is 0 Å². The maximum absolute atomic E-state index is 5.39. The van der Waals surface area contributed by atoms with Crippen molar-refractivity contribution < 1.29 is 4.74 Å². The van der Waals surface area contributed by atoms with E-state index in [-0.39, 0.29) is 0 Å². The topological polar surface area (TPSA) is 27.1 Å². The summed E-state index contributed by atoms with van der Waals surface area (Å²) in [5, 5.41) is 0. The molecule has 1 aromatic rings. The molecule has 0 amide bonds. The van der Waals surface area contributed by atoms with Crippen molar-refractivity contribution in [2.24, 2.45) is 0 Å². The van der Waals surface area contributed by atoms with Crippen molar-refractivity contribution in [1.29, 1.82) is 0 Å². The first-order chi connectivity index (χ1) is 6.34. The Bertz CT molecular complexity index is 233. The molecule has 0 radical (unpaired) electrons. The van der Waals surface area contributed by atoms with Crippen molar-refractivity contribution in [3.8, 4) is 0 Å². The molecule has 0 unspecified atom stereocenters. The highest BCUT2D eigenvalue weighted by Crippen LogP contribution is 1.97. The number of nitrogens with zero attached hydrogens (tertiary/aromatic N) is 2. The molecule has 0 bridgehead atoms. The Morgan fingerprint density at radius 2 is 2.31 bits per heavy atom. The van der Waals surface area contributed by atoms with Crippen LogP contribution in [0, 0.1) is 6.92 Å². The van der Waals surface area contributed by atoms with Crippen LogP contribution in [0.25, 0.3) is 0 Å². The summed E-state index contributed by atoms with van der Waals surface area (Å²) >= 11 is 0. The fourth-order valence-corrected chi connectivity index (χ4v) is 1.22. The zero-order valence-electron chi connectivity index (χ0n) is 8.49. The summed E-state index contributed by atoms with van der Waals surface area (Å²) in [7, 11) is 0. The van der Waals surface area contributed by atoms with Crippen LogP contribution in [0.5, 0.6) is 0 Å². The van der Waals surface area contributed by atoms with Crippen molar-refractivity contribution in [2.45, 2.75) is 33.2 Å². The molecule has 3 heteroatoms. The highest BCUT2D eigenvalue weighted by molar-refractivity contribution is 4.87. The zero-order valence-corrected chi connectivity index (χ0v) is 8.49. The van der Waals surface area contributed by atoms with E-state index in [1.54, 1.807) is 0 Å². The lowest BCUT2D eigenvalue weighted by molar-refractivity contribution is 0.129. The van der Waals surface area contributed by atoms with E-state index in [9.17, 15) is 0 Å². The van der Waals surface area contributed by atoms with Crippen molar-refractivity contribution in [3.05, 3.63) is 18.2 Å². The maximum atomic E-state index is 5.39. The van der Waals surface area contributed by atoms with Gasteiger partial charge >= 0.3 is 0 Å². The number of ether oxygens (including phenoxy) is 1. The molecule has 74 valence electrons. The number of hydrogen-bond donors (Lipinski definition) is 0. The van der Waals surface area contributed by atoms with E-state index in [0.717, 1.165) is 38.4 Å². The molecule has 1 aromatic heterocycles. The lowest BCUT2D eigenvalue weighted by Crippen LogP contribution is -2.03. The molecule has 1 heterocycles. The molecule has 0 aliphatic heterocycles. The van der Waals surface area contributed by atoms with Crippen LogP contribution in [-0.2, 0) is 11.3 Å². The van der Waals surface area contributed by atoms with Crippen LogP contribution in [0.2, 0.25) is 0 Å². The Morgan fingerprint density at radius 1 is 1.46 bits per heavy atom. The van der Waals surface area contributed by atoms with E-state index in [2.05, 4.69) is 16.5 Å². The first-order valence-electron chi connectivity index (χ1n) is 4.90. The molecule has 1 rings (SSSR count). The molecule has 0 spiro atoms. The van der Waals surface area contributed by atoms with Crippen LogP contribution in [0.3, 0.4) is 0 Å². The van der Waals surface area contributed by atoms with Gasteiger partial charge in [-0.2, -0.15) is 0 Å². The fraction of sp³-hybridized carbons (Fsp3) is 0.700. The van der Waals surface area contributed by atoms with Gasteiger partial charge in [-0.3, -0.25) is 0 Å². The van der Waals surface area contributed by atoms with Gasteiger partial charge < -0.3 is 9.30 Å². The monoisotopic (exact) mass is 182 g/mol. The molecule has 3 nitrogen and oxygen atoms in total. The summed E-state index contributed by atoms with van der Waals surface area (Å²) in [5.74, 6) is 1.08. The first kappa shape index (κ1) is 10.3. The second-order valence-electron chi connectivity index (χ2n) is 3.13. The van der Waals surface area contributed by atoms with E-state index in [1.807, 2.05) is 19.3 Å². The van der Waals surface area contributed by atoms with E-state index in [0.29, 0.717) is 0 Å². The highest BCUT2D eigenvalue weighted by Gasteiger charge is 1.95. The third kappa shape index (κ3) is 3.59. The summed E-state index contributed by atoms with van der Waals surface area (Å²) in [6, 6.07) is 0. The summed E-state index contributed by atoms with van der Waals surface area (Å²) < 4.78 is 7.54. The smallest absolute Gasteiger partial charge is 0.105 e. The van der Waals surface area contributed by atoms with Crippen LogP contribution in [0.15, 0.2) is 12.4 Å². The van der Waals surface area contributed by atoms with Gasteiger partial charge in [-0.15, -0.1) is 0 Å². The Kier molecular flexibility index (Phi) is 4.54. The van der Waals surface area contributed by atoms with Gasteiger partial charge in [0, 0.05) is 32.2 Å². The minimum atomic E-state index is 0.853. The quantitative estimate of drug-likeness (QED) is 0.629. The van der Waals surface area contributed by atoms with E-state index >= 15 is 0 Å². The Morgan fingerprint density at radius 3 is 2.92 bits per heavy atom. The van der Waals surface area contributed by atoms with E-state index in [1.165, 1.54) is 0 Å². The van der Waals surface area contributed by atoms with Gasteiger partial charge in [0.15, 0.2) is 0 Å². The fourth-order valence-electron chi connectivity index (χ4n) is 1.22. The lowest BCUT2D eigenvalue weighted by Gasteiger charge is -2.04. The van der Waals surface area contributed by atoms with Gasteiger partial charge in [-0.05, 0) is 19.8 Å². The standard InChI is InChI=1S/C10H18N2O/c1-3-8-13-9-4-6-12-7-5-11-10(12)2/h5,7H,3-4,6,8-9H2,1-2H3. The second kappa shape index (κ2) is 5.75. The average Bonchev–Trinajstić information content (AvgIpc) is 2.52. The van der Waals surface area contributed by atoms with Gasteiger partial charge in [0.25, 0.3) is 0 Å². The molecule has 0 aliphatic rings. The van der Waals surface area contributed by atoms with Gasteiger partial charge in [0.1, 0.15) is 5.82 Å². The Hall–Kier alpha value is -0.830. The average molecular weight is 182 g/mol. The number of aryl methyl sites for hydroxylation is 2. The number of hydrogen-bond acceptors (Lipinski definition) is 2. The maximum Gasteiger partial charge on any atom is 0.105 e. The summed E-state index contributed by atoms with van der Waals surface area (Å²) in [6.07, 6.45) is 6.01. The third-order valence-electron chi connectivity index (χ3n) is 1.96. The Balaban J connectivity index is 2.10. The predicted molar refractivity (Wildman–Crippen MR) is 52.7 cm³/mol. The highest BCUT2D eigenvalue weighted by atomic mass is 16.5. The first-order valence-corrected chi connectivity index (χ1v) is 4.90. The molecule has 0 aliphatic carbocycles. The lowest BCUT2D eigenvalue weighted by atomic mass is 10.4. The van der Waals surface area contributed by atoms with Gasteiger partial charge in [-0.1, -0.05) is 6.92 Å². The van der Waals surface area contributed by atoms with Crippen LogP contribution in [-0.4, -0.2) is 22.8 Å². The molecular formula is C10H18N2O. The van der Waals surface area contributed by atoms with E-state index in [4.69, 9.17) is 4.74 Å². The molecule has 13 heavy (non-hydrogen) atoms. The molecule has 0 atom stereocenters. The van der Waals surface area contributed by atoms with Gasteiger partial charge in [0.05, 0.1) is 0 Å². The van der Waals surface area contributed by atoms with Crippen molar-refractivity contribution in [1.82, 2.24) is 9.55 Å². The van der Waals surface area contributed by atoms with Crippen LogP contribution < -0.4 is 0 Å². The molecule has 0 fully saturated rings. The molecule has 0 aromatic carbocycles. The Labute approximate surface area is 79.7 Å². The molecule has 0 saturated heterocycles. The number of aromatic nitrogens is 2. The van der Waals surface area contributed by atoms with Crippen LogP contribution >= 0.6 is 0 Å². The predicted octanol–water partition coefficient (Wildman–Crippen LogP) is 2.01. The minimum absolute atomic E-state index is 0.853. The second-order valence-corrected chi connectivity index (χ2v) is 3.13. The summed E-state index contributed by atoms with van der Waals surface area (Å²) in [5.41, 5.74) is 0. The normalized spacial score (nSPS) is 10.6. The van der Waals surface area contributed by atoms with Gasteiger partial charge in [-0.25, -0.2) is 4.98 Å². The van der Waals surface area contributed by atoms with E-state index < -0.39 is 0 Å². The van der Waals surface area contributed by atoms with Crippen molar-refractivity contribution >= 4 is 0 Å². The van der Waals surface area contributed by atoms with Crippen LogP contribution in [0.4, 0.5) is 0 Å². The minimum Gasteiger partial charge on any atom is -0.381 e.